The molecule has 10 heteroatoms. The van der Waals surface area contributed by atoms with Gasteiger partial charge >= 0.3 is 19.4 Å². The lowest BCUT2D eigenvalue weighted by Gasteiger charge is -2.32. The van der Waals surface area contributed by atoms with Crippen LogP contribution in [0.15, 0.2) is 28.1 Å². The van der Waals surface area contributed by atoms with Crippen molar-refractivity contribution in [3.05, 3.63) is 39.3 Å². The summed E-state index contributed by atoms with van der Waals surface area (Å²) in [5, 5.41) is 2.66. The number of alkyl halides is 3. The van der Waals surface area contributed by atoms with Crippen LogP contribution in [0.5, 0.6) is 0 Å². The molecule has 2 rings (SSSR count). The van der Waals surface area contributed by atoms with Crippen LogP contribution in [0.4, 0.5) is 18.0 Å². The Morgan fingerprint density at radius 2 is 1.71 bits per heavy atom. The van der Waals surface area contributed by atoms with Crippen LogP contribution >= 0.6 is 15.9 Å². The molecule has 0 aromatic heterocycles. The van der Waals surface area contributed by atoms with Gasteiger partial charge in [-0.3, -0.25) is 0 Å². The zero-order valence-electron chi connectivity index (χ0n) is 18.7. The van der Waals surface area contributed by atoms with Crippen LogP contribution in [0.3, 0.4) is 0 Å². The van der Waals surface area contributed by atoms with E-state index in [0.29, 0.717) is 11.0 Å². The summed E-state index contributed by atoms with van der Waals surface area (Å²) in [6, 6.07) is 3.36. The van der Waals surface area contributed by atoms with Gasteiger partial charge in [0.05, 0.1) is 16.8 Å². The molecular weight excluding hydrogens is 478 g/mol. The number of alkyl carbamates (subject to hydrolysis) is 1. The van der Waals surface area contributed by atoms with Crippen LogP contribution < -0.4 is 5.32 Å². The second kappa shape index (κ2) is 8.79. The lowest BCUT2D eigenvalue weighted by atomic mass is 9.77. The Bertz CT molecular complexity index is 847. The number of benzene rings is 1. The van der Waals surface area contributed by atoms with Crippen LogP contribution in [-0.4, -0.2) is 36.6 Å². The fourth-order valence-corrected chi connectivity index (χ4v) is 3.20. The fourth-order valence-electron chi connectivity index (χ4n) is 2.71. The third-order valence-corrected chi connectivity index (χ3v) is 5.75. The van der Waals surface area contributed by atoms with E-state index < -0.39 is 41.8 Å². The number of nitrogens with one attached hydrogen (secondary N) is 1. The maximum absolute atomic E-state index is 13.0. The van der Waals surface area contributed by atoms with Gasteiger partial charge in [0.25, 0.3) is 0 Å². The SMILES string of the molecule is CC(C)(C)OC(=O)NCC(=Cc1ccc(C(F)(F)F)cc1Br)B1OC(C)(C)C(C)(C)O1. The van der Waals surface area contributed by atoms with Gasteiger partial charge in [0.1, 0.15) is 5.60 Å². The Kier molecular flexibility index (Phi) is 7.30. The Hall–Kier alpha value is -1.52. The Labute approximate surface area is 190 Å². The first kappa shape index (κ1) is 25.7. The number of hydrogen-bond acceptors (Lipinski definition) is 4. The summed E-state index contributed by atoms with van der Waals surface area (Å²) in [6.07, 6.45) is -3.43. The van der Waals surface area contributed by atoms with Crippen LogP contribution in [0.25, 0.3) is 6.08 Å². The molecule has 1 aliphatic heterocycles. The first-order valence-electron chi connectivity index (χ1n) is 9.81. The molecule has 31 heavy (non-hydrogen) atoms. The average Bonchev–Trinajstić information content (AvgIpc) is 2.77. The zero-order valence-corrected chi connectivity index (χ0v) is 20.3. The van der Waals surface area contributed by atoms with Crippen molar-refractivity contribution in [3.63, 3.8) is 0 Å². The maximum Gasteiger partial charge on any atom is 0.492 e. The van der Waals surface area contributed by atoms with E-state index in [0.717, 1.165) is 12.1 Å². The van der Waals surface area contributed by atoms with Gasteiger partial charge in [-0.2, -0.15) is 13.2 Å². The standard InChI is InChI=1S/C21H28BBrF3NO4/c1-18(2,3)29-17(28)27-12-15(22-30-19(4,5)20(6,7)31-22)10-13-8-9-14(11-16(13)23)21(24,25)26/h8-11H,12H2,1-7H3,(H,27,28). The topological polar surface area (TPSA) is 56.8 Å². The summed E-state index contributed by atoms with van der Waals surface area (Å²) in [5.41, 5.74) is -1.66. The summed E-state index contributed by atoms with van der Waals surface area (Å²) in [4.78, 5) is 12.1. The van der Waals surface area contributed by atoms with Gasteiger partial charge in [-0.1, -0.05) is 28.1 Å². The van der Waals surface area contributed by atoms with Crippen LogP contribution in [0.2, 0.25) is 0 Å². The molecule has 1 N–H and O–H groups in total. The molecule has 0 saturated carbocycles. The molecule has 0 bridgehead atoms. The summed E-state index contributed by atoms with van der Waals surface area (Å²) in [7, 11) is -0.797. The second-order valence-corrected chi connectivity index (χ2v) is 10.3. The van der Waals surface area contributed by atoms with Crippen molar-refractivity contribution in [2.75, 3.05) is 6.54 Å². The van der Waals surface area contributed by atoms with Crippen molar-refractivity contribution in [1.29, 1.82) is 0 Å². The van der Waals surface area contributed by atoms with E-state index in [1.54, 1.807) is 26.8 Å². The normalized spacial score (nSPS) is 18.8. The molecule has 1 aromatic carbocycles. The van der Waals surface area contributed by atoms with E-state index in [-0.39, 0.29) is 11.0 Å². The highest BCUT2D eigenvalue weighted by Gasteiger charge is 2.52. The number of ether oxygens (including phenoxy) is 1. The molecule has 1 amide bonds. The summed E-state index contributed by atoms with van der Waals surface area (Å²) >= 11 is 3.20. The van der Waals surface area contributed by atoms with E-state index in [2.05, 4.69) is 21.2 Å². The third kappa shape index (κ3) is 6.73. The molecular formula is C21H28BBrF3NO4. The maximum atomic E-state index is 13.0. The number of carbonyl (C=O) groups excluding carboxylic acids is 1. The summed E-state index contributed by atoms with van der Waals surface area (Å²) in [6.45, 7) is 12.8. The molecule has 0 radical (unpaired) electrons. The summed E-state index contributed by atoms with van der Waals surface area (Å²) < 4.78 is 56.6. The minimum Gasteiger partial charge on any atom is -0.444 e. The van der Waals surface area contributed by atoms with Crippen molar-refractivity contribution >= 4 is 35.2 Å². The number of carbonyl (C=O) groups is 1. The van der Waals surface area contributed by atoms with Gasteiger partial charge in [-0.15, -0.1) is 0 Å². The molecule has 172 valence electrons. The predicted molar refractivity (Wildman–Crippen MR) is 117 cm³/mol. The van der Waals surface area contributed by atoms with Crippen LogP contribution in [-0.2, 0) is 20.2 Å². The molecule has 0 aliphatic carbocycles. The number of rotatable bonds is 4. The first-order valence-corrected chi connectivity index (χ1v) is 10.6. The first-order chi connectivity index (χ1) is 13.9. The fraction of sp³-hybridized carbons (Fsp3) is 0.571. The van der Waals surface area contributed by atoms with Gasteiger partial charge in [0.2, 0.25) is 0 Å². The van der Waals surface area contributed by atoms with E-state index in [1.165, 1.54) is 6.07 Å². The van der Waals surface area contributed by atoms with E-state index in [1.807, 2.05) is 27.7 Å². The van der Waals surface area contributed by atoms with Crippen molar-refractivity contribution < 1.29 is 32.0 Å². The van der Waals surface area contributed by atoms with Crippen molar-refractivity contribution in [2.45, 2.75) is 71.4 Å². The smallest absolute Gasteiger partial charge is 0.444 e. The Morgan fingerprint density at radius 1 is 1.16 bits per heavy atom. The second-order valence-electron chi connectivity index (χ2n) is 9.40. The van der Waals surface area contributed by atoms with Crippen molar-refractivity contribution in [3.8, 4) is 0 Å². The summed E-state index contributed by atoms with van der Waals surface area (Å²) in [5.74, 6) is 0. The van der Waals surface area contributed by atoms with Crippen LogP contribution in [0, 0.1) is 0 Å². The Balaban J connectivity index is 2.35. The highest BCUT2D eigenvalue weighted by atomic mass is 79.9. The molecule has 1 fully saturated rings. The minimum atomic E-state index is -4.45. The molecule has 1 saturated heterocycles. The van der Waals surface area contributed by atoms with Gasteiger partial charge in [0, 0.05) is 11.0 Å². The molecule has 1 heterocycles. The van der Waals surface area contributed by atoms with Crippen molar-refractivity contribution in [1.82, 2.24) is 5.32 Å². The molecule has 0 atom stereocenters. The lowest BCUT2D eigenvalue weighted by Crippen LogP contribution is -2.41. The van der Waals surface area contributed by atoms with E-state index in [4.69, 9.17) is 14.0 Å². The largest absolute Gasteiger partial charge is 0.492 e. The van der Waals surface area contributed by atoms with Gasteiger partial charge in [-0.25, -0.2) is 4.79 Å². The van der Waals surface area contributed by atoms with Crippen molar-refractivity contribution in [2.24, 2.45) is 0 Å². The molecule has 0 unspecified atom stereocenters. The van der Waals surface area contributed by atoms with E-state index in [9.17, 15) is 18.0 Å². The van der Waals surface area contributed by atoms with Gasteiger partial charge in [0.15, 0.2) is 0 Å². The lowest BCUT2D eigenvalue weighted by molar-refractivity contribution is -0.137. The van der Waals surface area contributed by atoms with Gasteiger partial charge < -0.3 is 19.4 Å². The molecule has 5 nitrogen and oxygen atoms in total. The molecule has 0 spiro atoms. The molecule has 1 aromatic rings. The minimum absolute atomic E-state index is 0.0270. The highest BCUT2D eigenvalue weighted by Crippen LogP contribution is 2.39. The van der Waals surface area contributed by atoms with E-state index >= 15 is 0 Å². The monoisotopic (exact) mass is 505 g/mol. The number of amides is 1. The van der Waals surface area contributed by atoms with Gasteiger partial charge in [-0.05, 0) is 71.6 Å². The number of halogens is 4. The Morgan fingerprint density at radius 3 is 2.16 bits per heavy atom. The molecule has 1 aliphatic rings. The highest BCUT2D eigenvalue weighted by molar-refractivity contribution is 9.10. The van der Waals surface area contributed by atoms with Crippen LogP contribution in [0.1, 0.15) is 59.6 Å². The number of hydrogen-bond donors (Lipinski definition) is 1. The predicted octanol–water partition coefficient (Wildman–Crippen LogP) is 6.01. The zero-order chi connectivity index (χ0) is 23.8. The average molecular weight is 506 g/mol. The quantitative estimate of drug-likeness (QED) is 0.509. The third-order valence-electron chi connectivity index (χ3n) is 5.06.